The molecule has 1 fully saturated rings. The fraction of sp³-hybridized carbons (Fsp3) is 0.533. The molecule has 1 saturated carbocycles. The van der Waals surface area contributed by atoms with E-state index in [0.717, 1.165) is 19.0 Å². The second-order valence-electron chi connectivity index (χ2n) is 5.03. The summed E-state index contributed by atoms with van der Waals surface area (Å²) in [6.45, 7) is 3.91. The maximum absolute atomic E-state index is 11.6. The fourth-order valence-corrected chi connectivity index (χ4v) is 1.95. The Morgan fingerprint density at radius 3 is 2.56 bits per heavy atom. The van der Waals surface area contributed by atoms with Gasteiger partial charge in [0.05, 0.1) is 6.54 Å². The zero-order chi connectivity index (χ0) is 13.0. The van der Waals surface area contributed by atoms with Gasteiger partial charge in [-0.25, -0.2) is 0 Å². The molecule has 3 nitrogen and oxygen atoms in total. The van der Waals surface area contributed by atoms with Crippen molar-refractivity contribution in [2.24, 2.45) is 0 Å². The number of rotatable bonds is 6. The summed E-state index contributed by atoms with van der Waals surface area (Å²) in [6, 6.07) is 8.76. The number of hydrogen-bond donors (Lipinski definition) is 1. The molecule has 18 heavy (non-hydrogen) atoms. The van der Waals surface area contributed by atoms with E-state index >= 15 is 0 Å². The van der Waals surface area contributed by atoms with Gasteiger partial charge in [-0.05, 0) is 36.8 Å². The van der Waals surface area contributed by atoms with Crippen LogP contribution < -0.4 is 5.32 Å². The molecule has 0 spiro atoms. The predicted molar refractivity (Wildman–Crippen MR) is 73.4 cm³/mol. The van der Waals surface area contributed by atoms with Gasteiger partial charge in [-0.2, -0.15) is 0 Å². The maximum Gasteiger partial charge on any atom is 0.236 e. The molecule has 0 unspecified atom stereocenters. The number of likely N-dealkylation sites (N-methyl/N-ethyl adjacent to an activating group) is 1. The highest BCUT2D eigenvalue weighted by molar-refractivity contribution is 5.77. The molecule has 2 rings (SSSR count). The van der Waals surface area contributed by atoms with Gasteiger partial charge in [0.25, 0.3) is 0 Å². The Kier molecular flexibility index (Phi) is 4.37. The Morgan fingerprint density at radius 2 is 2.00 bits per heavy atom. The zero-order valence-electron chi connectivity index (χ0n) is 11.3. The lowest BCUT2D eigenvalue weighted by molar-refractivity contribution is -0.128. The minimum absolute atomic E-state index is 0.145. The molecule has 98 valence electrons. The summed E-state index contributed by atoms with van der Waals surface area (Å²) < 4.78 is 0. The van der Waals surface area contributed by atoms with Gasteiger partial charge in [0.15, 0.2) is 0 Å². The minimum atomic E-state index is 0.145. The molecule has 1 aliphatic rings. The SMILES string of the molecule is CCN(C)C(=O)CNCc1ccc(C2CC2)cc1. The highest BCUT2D eigenvalue weighted by Gasteiger charge is 2.22. The number of amides is 1. The lowest BCUT2D eigenvalue weighted by Crippen LogP contribution is -2.35. The van der Waals surface area contributed by atoms with Gasteiger partial charge in [-0.3, -0.25) is 4.79 Å². The average molecular weight is 246 g/mol. The molecule has 0 heterocycles. The monoisotopic (exact) mass is 246 g/mol. The molecule has 1 N–H and O–H groups in total. The summed E-state index contributed by atoms with van der Waals surface area (Å²) in [5.74, 6) is 0.957. The van der Waals surface area contributed by atoms with Crippen LogP contribution in [0.25, 0.3) is 0 Å². The smallest absolute Gasteiger partial charge is 0.236 e. The first kappa shape index (κ1) is 13.1. The largest absolute Gasteiger partial charge is 0.345 e. The number of carbonyl (C=O) groups is 1. The first-order valence-corrected chi connectivity index (χ1v) is 6.74. The molecular formula is C15H22N2O. The second-order valence-corrected chi connectivity index (χ2v) is 5.03. The van der Waals surface area contributed by atoms with Crippen LogP contribution in [0.5, 0.6) is 0 Å². The normalized spacial score (nSPS) is 14.6. The quantitative estimate of drug-likeness (QED) is 0.834. The Morgan fingerprint density at radius 1 is 1.33 bits per heavy atom. The third kappa shape index (κ3) is 3.57. The highest BCUT2D eigenvalue weighted by atomic mass is 16.2. The number of benzene rings is 1. The van der Waals surface area contributed by atoms with Gasteiger partial charge in [-0.15, -0.1) is 0 Å². The number of hydrogen-bond acceptors (Lipinski definition) is 2. The molecule has 0 saturated heterocycles. The molecule has 3 heteroatoms. The molecule has 1 aromatic rings. The van der Waals surface area contributed by atoms with E-state index in [1.54, 1.807) is 4.90 Å². The summed E-state index contributed by atoms with van der Waals surface area (Å²) in [5.41, 5.74) is 2.70. The van der Waals surface area contributed by atoms with Crippen molar-refractivity contribution in [2.45, 2.75) is 32.2 Å². The number of nitrogens with zero attached hydrogens (tertiary/aromatic N) is 1. The molecule has 1 aliphatic carbocycles. The average Bonchev–Trinajstić information content (AvgIpc) is 3.23. The minimum Gasteiger partial charge on any atom is -0.345 e. The molecule has 0 aromatic heterocycles. The van der Waals surface area contributed by atoms with Gasteiger partial charge in [0.2, 0.25) is 5.91 Å². The van der Waals surface area contributed by atoms with E-state index in [9.17, 15) is 4.79 Å². The molecule has 1 amide bonds. The van der Waals surface area contributed by atoms with Crippen LogP contribution in [0.15, 0.2) is 24.3 Å². The van der Waals surface area contributed by atoms with Gasteiger partial charge in [-0.1, -0.05) is 24.3 Å². The Hall–Kier alpha value is -1.35. The topological polar surface area (TPSA) is 32.3 Å². The Balaban J connectivity index is 1.74. The van der Waals surface area contributed by atoms with Gasteiger partial charge in [0, 0.05) is 20.1 Å². The van der Waals surface area contributed by atoms with Crippen LogP contribution in [-0.2, 0) is 11.3 Å². The predicted octanol–water partition coefficient (Wildman–Crippen LogP) is 2.13. The first-order valence-electron chi connectivity index (χ1n) is 6.74. The molecule has 0 bridgehead atoms. The third-order valence-corrected chi connectivity index (χ3v) is 3.53. The van der Waals surface area contributed by atoms with Crippen molar-refractivity contribution in [3.05, 3.63) is 35.4 Å². The van der Waals surface area contributed by atoms with Crippen molar-refractivity contribution in [1.29, 1.82) is 0 Å². The van der Waals surface area contributed by atoms with Gasteiger partial charge < -0.3 is 10.2 Å². The van der Waals surface area contributed by atoms with E-state index in [4.69, 9.17) is 0 Å². The standard InChI is InChI=1S/C15H22N2O/c1-3-17(2)15(18)11-16-10-12-4-6-13(7-5-12)14-8-9-14/h4-7,14,16H,3,8-11H2,1-2H3. The zero-order valence-corrected chi connectivity index (χ0v) is 11.3. The van der Waals surface area contributed by atoms with Crippen molar-refractivity contribution < 1.29 is 4.79 Å². The molecule has 0 aliphatic heterocycles. The molecule has 1 aromatic carbocycles. The van der Waals surface area contributed by atoms with E-state index < -0.39 is 0 Å². The van der Waals surface area contributed by atoms with Crippen molar-refractivity contribution in [3.8, 4) is 0 Å². The summed E-state index contributed by atoms with van der Waals surface area (Å²) in [5, 5.41) is 3.19. The first-order chi connectivity index (χ1) is 8.70. The number of carbonyl (C=O) groups excluding carboxylic acids is 1. The number of nitrogens with one attached hydrogen (secondary N) is 1. The van der Waals surface area contributed by atoms with Crippen LogP contribution in [0.3, 0.4) is 0 Å². The maximum atomic E-state index is 11.6. The van der Waals surface area contributed by atoms with Crippen LogP contribution in [0.1, 0.15) is 36.8 Å². The van der Waals surface area contributed by atoms with E-state index in [-0.39, 0.29) is 5.91 Å². The van der Waals surface area contributed by atoms with Crippen molar-refractivity contribution in [1.82, 2.24) is 10.2 Å². The van der Waals surface area contributed by atoms with Crippen LogP contribution in [-0.4, -0.2) is 30.9 Å². The molecule has 0 radical (unpaired) electrons. The third-order valence-electron chi connectivity index (χ3n) is 3.53. The van der Waals surface area contributed by atoms with E-state index in [0.29, 0.717) is 6.54 Å². The van der Waals surface area contributed by atoms with Gasteiger partial charge in [0.1, 0.15) is 0 Å². The summed E-state index contributed by atoms with van der Waals surface area (Å²) in [7, 11) is 1.83. The van der Waals surface area contributed by atoms with E-state index in [1.807, 2.05) is 14.0 Å². The Labute approximate surface area is 109 Å². The summed E-state index contributed by atoms with van der Waals surface area (Å²) >= 11 is 0. The van der Waals surface area contributed by atoms with Crippen molar-refractivity contribution >= 4 is 5.91 Å². The lowest BCUT2D eigenvalue weighted by Gasteiger charge is -2.14. The van der Waals surface area contributed by atoms with E-state index in [2.05, 4.69) is 29.6 Å². The summed E-state index contributed by atoms with van der Waals surface area (Å²) in [6.07, 6.45) is 2.69. The highest BCUT2D eigenvalue weighted by Crippen LogP contribution is 2.39. The Bertz CT molecular complexity index is 395. The van der Waals surface area contributed by atoms with E-state index in [1.165, 1.54) is 24.0 Å². The van der Waals surface area contributed by atoms with Crippen LogP contribution >= 0.6 is 0 Å². The van der Waals surface area contributed by atoms with Crippen LogP contribution in [0, 0.1) is 0 Å². The van der Waals surface area contributed by atoms with Crippen LogP contribution in [0.4, 0.5) is 0 Å². The fourth-order valence-electron chi connectivity index (χ4n) is 1.95. The second kappa shape index (κ2) is 6.01. The van der Waals surface area contributed by atoms with Crippen molar-refractivity contribution in [3.63, 3.8) is 0 Å². The lowest BCUT2D eigenvalue weighted by atomic mass is 10.1. The van der Waals surface area contributed by atoms with Crippen molar-refractivity contribution in [2.75, 3.05) is 20.1 Å². The van der Waals surface area contributed by atoms with Crippen LogP contribution in [0.2, 0.25) is 0 Å². The summed E-state index contributed by atoms with van der Waals surface area (Å²) in [4.78, 5) is 13.3. The van der Waals surface area contributed by atoms with Gasteiger partial charge >= 0.3 is 0 Å². The molecular weight excluding hydrogens is 224 g/mol. The molecule has 0 atom stereocenters.